The lowest BCUT2D eigenvalue weighted by atomic mass is 9.73. The number of likely N-dealkylation sites (tertiary alicyclic amines) is 1. The number of morpholine rings is 1. The Morgan fingerprint density at radius 1 is 0.952 bits per heavy atom. The van der Waals surface area contributed by atoms with Gasteiger partial charge in [0.15, 0.2) is 0 Å². The monoisotopic (exact) mass is 578 g/mol. The number of nitrogens with zero attached hydrogens (tertiary/aromatic N) is 4. The number of aliphatic hydroxyl groups is 1. The molecule has 10 nitrogen and oxygen atoms in total. The van der Waals surface area contributed by atoms with Gasteiger partial charge < -0.3 is 29.3 Å². The number of amides is 3. The lowest BCUT2D eigenvalue weighted by Gasteiger charge is -2.41. The van der Waals surface area contributed by atoms with Crippen molar-refractivity contribution in [1.29, 1.82) is 0 Å². The van der Waals surface area contributed by atoms with Gasteiger partial charge in [0.2, 0.25) is 17.7 Å². The maximum absolute atomic E-state index is 14.7. The number of benzene rings is 1. The van der Waals surface area contributed by atoms with Crippen LogP contribution >= 0.6 is 0 Å². The molecule has 10 heteroatoms. The number of rotatable bonds is 8. The van der Waals surface area contributed by atoms with Gasteiger partial charge in [0.25, 0.3) is 0 Å². The normalized spacial score (nSPS) is 33.8. The Balaban J connectivity index is 1.41. The van der Waals surface area contributed by atoms with Crippen LogP contribution < -0.4 is 0 Å². The molecule has 3 fully saturated rings. The Bertz CT molecular complexity index is 1250. The molecule has 6 atom stereocenters. The molecule has 3 amide bonds. The van der Waals surface area contributed by atoms with E-state index in [0.717, 1.165) is 18.7 Å². The zero-order chi connectivity index (χ0) is 29.5. The van der Waals surface area contributed by atoms with Crippen LogP contribution in [0.5, 0.6) is 0 Å². The van der Waals surface area contributed by atoms with Gasteiger partial charge in [-0.3, -0.25) is 19.3 Å². The predicted octanol–water partition coefficient (Wildman–Crippen LogP) is 0.710. The molecule has 42 heavy (non-hydrogen) atoms. The first-order chi connectivity index (χ1) is 20.3. The second-order valence-electron chi connectivity index (χ2n) is 12.2. The first kappa shape index (κ1) is 29.0. The maximum Gasteiger partial charge on any atom is 0.249 e. The van der Waals surface area contributed by atoms with E-state index >= 15 is 0 Å². The summed E-state index contributed by atoms with van der Waals surface area (Å²) >= 11 is 0. The van der Waals surface area contributed by atoms with E-state index in [1.54, 1.807) is 21.7 Å². The molecule has 1 aromatic rings. The minimum absolute atomic E-state index is 0.157. The highest BCUT2D eigenvalue weighted by Crippen LogP contribution is 2.58. The van der Waals surface area contributed by atoms with Crippen molar-refractivity contribution in [2.75, 3.05) is 66.1 Å². The zero-order valence-corrected chi connectivity index (χ0v) is 24.6. The summed E-state index contributed by atoms with van der Waals surface area (Å²) < 4.78 is 12.5. The summed E-state index contributed by atoms with van der Waals surface area (Å²) in [4.78, 5) is 50.6. The van der Waals surface area contributed by atoms with Gasteiger partial charge in [-0.25, -0.2) is 0 Å². The number of ether oxygens (including phenoxy) is 2. The van der Waals surface area contributed by atoms with Gasteiger partial charge >= 0.3 is 0 Å². The van der Waals surface area contributed by atoms with Crippen molar-refractivity contribution in [1.82, 2.24) is 19.6 Å². The molecule has 0 radical (unpaired) electrons. The van der Waals surface area contributed by atoms with Gasteiger partial charge in [0.1, 0.15) is 11.6 Å². The third-order valence-electron chi connectivity index (χ3n) is 9.87. The van der Waals surface area contributed by atoms with Crippen molar-refractivity contribution in [3.05, 3.63) is 60.2 Å². The van der Waals surface area contributed by atoms with E-state index in [-0.39, 0.29) is 24.3 Å². The van der Waals surface area contributed by atoms with Gasteiger partial charge in [-0.05, 0) is 18.4 Å². The molecule has 1 spiro atoms. The molecule has 0 aromatic heterocycles. The molecule has 226 valence electrons. The fraction of sp³-hybridized carbons (Fsp3) is 0.594. The molecule has 1 aromatic carbocycles. The molecular formula is C32H42N4O6. The molecule has 6 rings (SSSR count). The highest BCUT2D eigenvalue weighted by atomic mass is 16.5. The largest absolute Gasteiger partial charge is 0.394 e. The van der Waals surface area contributed by atoms with Crippen molar-refractivity contribution in [3.63, 3.8) is 0 Å². The predicted molar refractivity (Wildman–Crippen MR) is 155 cm³/mol. The van der Waals surface area contributed by atoms with Gasteiger partial charge in [0, 0.05) is 46.3 Å². The molecule has 0 bridgehead atoms. The highest BCUT2D eigenvalue weighted by molar-refractivity contribution is 6.00. The summed E-state index contributed by atoms with van der Waals surface area (Å²) in [6.07, 6.45) is 8.55. The summed E-state index contributed by atoms with van der Waals surface area (Å²) in [5, 5.41) is 10.7. The molecule has 5 aliphatic heterocycles. The second kappa shape index (κ2) is 11.6. The molecule has 0 saturated carbocycles. The fourth-order valence-electron chi connectivity index (χ4n) is 7.69. The summed E-state index contributed by atoms with van der Waals surface area (Å²) in [5.74, 6) is -2.33. The lowest BCUT2D eigenvalue weighted by Crippen LogP contribution is -2.59. The number of fused-ring (bicyclic) bond motifs is 2. The second-order valence-corrected chi connectivity index (χ2v) is 12.2. The molecule has 3 saturated heterocycles. The molecular weight excluding hydrogens is 536 g/mol. The Hall–Kier alpha value is -3.05. The lowest BCUT2D eigenvalue weighted by molar-refractivity contribution is -0.157. The number of likely N-dealkylation sites (N-methyl/N-ethyl adjacent to an activating group) is 1. The van der Waals surface area contributed by atoms with Crippen LogP contribution in [0.4, 0.5) is 0 Å². The Morgan fingerprint density at radius 2 is 1.69 bits per heavy atom. The van der Waals surface area contributed by atoms with Crippen molar-refractivity contribution in [2.24, 2.45) is 11.8 Å². The topological polar surface area (TPSA) is 103 Å². The van der Waals surface area contributed by atoms with Gasteiger partial charge in [-0.15, -0.1) is 0 Å². The summed E-state index contributed by atoms with van der Waals surface area (Å²) in [7, 11) is 1.74. The van der Waals surface area contributed by atoms with E-state index in [2.05, 4.69) is 4.90 Å². The third-order valence-corrected chi connectivity index (χ3v) is 9.87. The summed E-state index contributed by atoms with van der Waals surface area (Å²) in [6.45, 7) is 6.62. The molecule has 1 N–H and O–H groups in total. The number of carbonyl (C=O) groups excluding carboxylic acids is 3. The van der Waals surface area contributed by atoms with Crippen LogP contribution in [0.1, 0.15) is 18.9 Å². The quantitative estimate of drug-likeness (QED) is 0.454. The minimum Gasteiger partial charge on any atom is -0.394 e. The van der Waals surface area contributed by atoms with E-state index < -0.39 is 35.1 Å². The first-order valence-electron chi connectivity index (χ1n) is 15.2. The van der Waals surface area contributed by atoms with Crippen LogP contribution in [0.2, 0.25) is 0 Å². The van der Waals surface area contributed by atoms with Gasteiger partial charge in [0.05, 0.1) is 43.3 Å². The van der Waals surface area contributed by atoms with Crippen LogP contribution in [0, 0.1) is 11.8 Å². The Kier molecular flexibility index (Phi) is 7.99. The SMILES string of the molecule is CC[C@]12C=CCN(C)C(=O)[C@H]1[C@H]1C(=O)N([C@@H](CO)Cc3ccccc3)C3C(=O)N(CCN4CCOCC4)CC=C[C@@]31O2. The van der Waals surface area contributed by atoms with E-state index in [4.69, 9.17) is 9.47 Å². The van der Waals surface area contributed by atoms with Crippen LogP contribution in [0.15, 0.2) is 54.6 Å². The third kappa shape index (κ3) is 4.69. The van der Waals surface area contributed by atoms with E-state index in [9.17, 15) is 19.5 Å². The standard InChI is InChI=1S/C32H42N4O6/c1-3-31-11-7-13-33(2)28(38)25(31)26-29(39)36(24(22-37)21-23-9-5-4-6-10-23)27-30(40)35(14-8-12-32(26,27)42-31)16-15-34-17-19-41-20-18-34/h4-12,24-27,37H,3,13-22H2,1-2H3/t24-,25-,26+,27?,31+,32+/m1/s1. The van der Waals surface area contributed by atoms with E-state index in [1.807, 2.05) is 61.6 Å². The van der Waals surface area contributed by atoms with Crippen molar-refractivity contribution < 1.29 is 29.0 Å². The van der Waals surface area contributed by atoms with Crippen molar-refractivity contribution in [3.8, 4) is 0 Å². The van der Waals surface area contributed by atoms with Crippen LogP contribution in [0.3, 0.4) is 0 Å². The maximum atomic E-state index is 14.7. The number of carbonyl (C=O) groups is 3. The number of hydrogen-bond donors (Lipinski definition) is 1. The van der Waals surface area contributed by atoms with E-state index in [0.29, 0.717) is 52.2 Å². The van der Waals surface area contributed by atoms with Gasteiger partial charge in [-0.2, -0.15) is 0 Å². The molecule has 5 heterocycles. The van der Waals surface area contributed by atoms with Crippen molar-refractivity contribution >= 4 is 17.7 Å². The van der Waals surface area contributed by atoms with Crippen molar-refractivity contribution in [2.45, 2.75) is 43.1 Å². The highest BCUT2D eigenvalue weighted by Gasteiger charge is 2.75. The summed E-state index contributed by atoms with van der Waals surface area (Å²) in [6, 6.07) is 8.02. The molecule has 1 unspecified atom stereocenters. The number of aliphatic hydroxyl groups excluding tert-OH is 1. The average molecular weight is 579 g/mol. The zero-order valence-electron chi connectivity index (χ0n) is 24.6. The van der Waals surface area contributed by atoms with Crippen LogP contribution in [0.25, 0.3) is 0 Å². The van der Waals surface area contributed by atoms with Crippen LogP contribution in [-0.4, -0.2) is 132 Å². The molecule has 5 aliphatic rings. The van der Waals surface area contributed by atoms with Crippen LogP contribution in [-0.2, 0) is 30.3 Å². The Morgan fingerprint density at radius 3 is 2.40 bits per heavy atom. The molecule has 0 aliphatic carbocycles. The Labute approximate surface area is 247 Å². The fourth-order valence-corrected chi connectivity index (χ4v) is 7.69. The summed E-state index contributed by atoms with van der Waals surface area (Å²) in [5.41, 5.74) is -1.38. The first-order valence-corrected chi connectivity index (χ1v) is 15.2. The average Bonchev–Trinajstić information content (AvgIpc) is 3.32. The van der Waals surface area contributed by atoms with Gasteiger partial charge in [-0.1, -0.05) is 61.6 Å². The van der Waals surface area contributed by atoms with E-state index in [1.165, 1.54) is 0 Å². The number of hydrogen-bond acceptors (Lipinski definition) is 7. The minimum atomic E-state index is -1.33. The smallest absolute Gasteiger partial charge is 0.249 e.